The van der Waals surface area contributed by atoms with Gasteiger partial charge >= 0.3 is 0 Å². The fourth-order valence-corrected chi connectivity index (χ4v) is 2.75. The molecule has 1 nitrogen and oxygen atoms in total. The zero-order valence-electron chi connectivity index (χ0n) is 11.1. The lowest BCUT2D eigenvalue weighted by Crippen LogP contribution is -2.31. The molecule has 2 rings (SSSR count). The third-order valence-corrected chi connectivity index (χ3v) is 3.77. The highest BCUT2D eigenvalue weighted by molar-refractivity contribution is 6.30. The summed E-state index contributed by atoms with van der Waals surface area (Å²) in [6.07, 6.45) is 5.75. The lowest BCUT2D eigenvalue weighted by atomic mass is 9.81. The molecule has 0 amide bonds. The molecule has 1 saturated carbocycles. The van der Waals surface area contributed by atoms with Crippen molar-refractivity contribution in [3.63, 3.8) is 0 Å². The summed E-state index contributed by atoms with van der Waals surface area (Å²) in [4.78, 5) is 0. The molecule has 0 saturated heterocycles. The molecule has 1 fully saturated rings. The van der Waals surface area contributed by atoms with Gasteiger partial charge in [-0.25, -0.2) is 0 Å². The number of hydrogen-bond acceptors (Lipinski definition) is 1. The van der Waals surface area contributed by atoms with Crippen molar-refractivity contribution in [2.24, 2.45) is 0 Å². The molecule has 2 heteroatoms. The molecule has 0 atom stereocenters. The van der Waals surface area contributed by atoms with Crippen molar-refractivity contribution in [3.05, 3.63) is 47.0 Å². The van der Waals surface area contributed by atoms with Crippen LogP contribution in [0.15, 0.2) is 36.4 Å². The highest BCUT2D eigenvalue weighted by atomic mass is 35.5. The van der Waals surface area contributed by atoms with Gasteiger partial charge in [-0.1, -0.05) is 55.3 Å². The molecule has 0 aliphatic heterocycles. The maximum atomic E-state index is 10.4. The van der Waals surface area contributed by atoms with Gasteiger partial charge in [0.2, 0.25) is 0 Å². The van der Waals surface area contributed by atoms with E-state index in [-0.39, 0.29) is 0 Å². The van der Waals surface area contributed by atoms with E-state index in [1.165, 1.54) is 6.42 Å². The van der Waals surface area contributed by atoms with Crippen LogP contribution < -0.4 is 0 Å². The van der Waals surface area contributed by atoms with Crippen molar-refractivity contribution >= 4 is 11.6 Å². The lowest BCUT2D eigenvalue weighted by Gasteiger charge is -2.31. The first kappa shape index (κ1) is 14.2. The van der Waals surface area contributed by atoms with Crippen LogP contribution in [0.25, 0.3) is 0 Å². The fourth-order valence-electron chi connectivity index (χ4n) is 2.55. The maximum absolute atomic E-state index is 10.4. The predicted molar refractivity (Wildman–Crippen MR) is 80.1 cm³/mol. The van der Waals surface area contributed by atoms with Crippen molar-refractivity contribution in [3.8, 4) is 11.8 Å². The van der Waals surface area contributed by atoms with Gasteiger partial charge in [0.1, 0.15) is 0 Å². The molecule has 0 unspecified atom stereocenters. The Bertz CT molecular complexity index is 516. The van der Waals surface area contributed by atoms with Crippen LogP contribution in [0.2, 0.25) is 5.02 Å². The van der Waals surface area contributed by atoms with Crippen molar-refractivity contribution in [1.29, 1.82) is 0 Å². The highest BCUT2D eigenvalue weighted by Gasteiger charge is 2.29. The SMILES string of the molecule is C=C(C#Cc1cccc(Cl)c1)CC1(O)CCCCC1. The Hall–Kier alpha value is -1.23. The van der Waals surface area contributed by atoms with Gasteiger partial charge < -0.3 is 5.11 Å². The standard InChI is InChI=1S/C17H19ClO/c1-14(13-17(19)10-3-2-4-11-17)8-9-15-6-5-7-16(18)12-15/h5-7,12,19H,1-4,10-11,13H2. The summed E-state index contributed by atoms with van der Waals surface area (Å²) in [6.45, 7) is 3.96. The Morgan fingerprint density at radius 1 is 1.32 bits per heavy atom. The number of hydrogen-bond donors (Lipinski definition) is 1. The van der Waals surface area contributed by atoms with Crippen LogP contribution in [0.5, 0.6) is 0 Å². The second kappa shape index (κ2) is 6.28. The van der Waals surface area contributed by atoms with E-state index in [4.69, 9.17) is 11.6 Å². The third kappa shape index (κ3) is 4.42. The smallest absolute Gasteiger partial charge is 0.0694 e. The third-order valence-electron chi connectivity index (χ3n) is 3.53. The quantitative estimate of drug-likeness (QED) is 0.796. The van der Waals surface area contributed by atoms with Gasteiger partial charge in [-0.15, -0.1) is 0 Å². The first-order valence-corrected chi connectivity index (χ1v) is 7.13. The maximum Gasteiger partial charge on any atom is 0.0694 e. The van der Waals surface area contributed by atoms with Crippen molar-refractivity contribution in [2.75, 3.05) is 0 Å². The lowest BCUT2D eigenvalue weighted by molar-refractivity contribution is 0.00555. The second-order valence-electron chi connectivity index (χ2n) is 5.33. The molecule has 19 heavy (non-hydrogen) atoms. The van der Waals surface area contributed by atoms with E-state index in [0.29, 0.717) is 11.4 Å². The van der Waals surface area contributed by atoms with Gasteiger partial charge in [0.25, 0.3) is 0 Å². The molecule has 0 spiro atoms. The van der Waals surface area contributed by atoms with Crippen molar-refractivity contribution in [2.45, 2.75) is 44.1 Å². The van der Waals surface area contributed by atoms with Crippen molar-refractivity contribution in [1.82, 2.24) is 0 Å². The van der Waals surface area contributed by atoms with Crippen LogP contribution in [-0.4, -0.2) is 10.7 Å². The van der Waals surface area contributed by atoms with Gasteiger partial charge in [-0.2, -0.15) is 0 Å². The zero-order valence-corrected chi connectivity index (χ0v) is 11.8. The Morgan fingerprint density at radius 2 is 2.05 bits per heavy atom. The van der Waals surface area contributed by atoms with Gasteiger partial charge in [0, 0.05) is 17.0 Å². The minimum absolute atomic E-state index is 0.584. The largest absolute Gasteiger partial charge is 0.390 e. The van der Waals surface area contributed by atoms with E-state index in [9.17, 15) is 5.11 Å². The summed E-state index contributed by atoms with van der Waals surface area (Å²) < 4.78 is 0. The van der Waals surface area contributed by atoms with E-state index in [1.54, 1.807) is 0 Å². The molecular formula is C17H19ClO. The minimum atomic E-state index is -0.585. The fraction of sp³-hybridized carbons (Fsp3) is 0.412. The van der Waals surface area contributed by atoms with E-state index < -0.39 is 5.60 Å². The van der Waals surface area contributed by atoms with Gasteiger partial charge in [0.05, 0.1) is 5.60 Å². The van der Waals surface area contributed by atoms with Crippen LogP contribution in [0.1, 0.15) is 44.1 Å². The second-order valence-corrected chi connectivity index (χ2v) is 5.76. The molecule has 0 bridgehead atoms. The van der Waals surface area contributed by atoms with Crippen LogP contribution in [0.3, 0.4) is 0 Å². The Kier molecular flexibility index (Phi) is 4.69. The van der Waals surface area contributed by atoms with Crippen molar-refractivity contribution < 1.29 is 5.11 Å². The highest BCUT2D eigenvalue weighted by Crippen LogP contribution is 2.32. The number of benzene rings is 1. The van der Waals surface area contributed by atoms with Gasteiger partial charge in [-0.05, 0) is 36.6 Å². The number of rotatable bonds is 2. The van der Waals surface area contributed by atoms with E-state index in [1.807, 2.05) is 24.3 Å². The number of halogens is 1. The van der Waals surface area contributed by atoms with Crippen LogP contribution in [0.4, 0.5) is 0 Å². The van der Waals surface area contributed by atoms with Crippen LogP contribution >= 0.6 is 11.6 Å². The summed E-state index contributed by atoms with van der Waals surface area (Å²) in [6, 6.07) is 7.45. The van der Waals surface area contributed by atoms with Crippen LogP contribution in [-0.2, 0) is 0 Å². The Labute approximate surface area is 120 Å². The Morgan fingerprint density at radius 3 is 2.74 bits per heavy atom. The molecule has 0 aromatic heterocycles. The molecule has 0 heterocycles. The molecule has 1 N–H and O–H groups in total. The predicted octanol–water partition coefficient (Wildman–Crippen LogP) is 4.33. The zero-order chi connectivity index (χ0) is 13.7. The van der Waals surface area contributed by atoms with E-state index >= 15 is 0 Å². The van der Waals surface area contributed by atoms with Gasteiger partial charge in [0.15, 0.2) is 0 Å². The number of aliphatic hydroxyl groups is 1. The average Bonchev–Trinajstić information content (AvgIpc) is 2.37. The topological polar surface area (TPSA) is 20.2 Å². The molecule has 1 aliphatic rings. The van der Waals surface area contributed by atoms with E-state index in [2.05, 4.69) is 18.4 Å². The normalized spacial score (nSPS) is 17.4. The molecule has 0 radical (unpaired) electrons. The summed E-state index contributed by atoms with van der Waals surface area (Å²) in [5, 5.41) is 11.1. The van der Waals surface area contributed by atoms with Crippen LogP contribution in [0, 0.1) is 11.8 Å². The molecule has 100 valence electrons. The van der Waals surface area contributed by atoms with Gasteiger partial charge in [-0.3, -0.25) is 0 Å². The summed E-state index contributed by atoms with van der Waals surface area (Å²) in [5.41, 5.74) is 1.09. The Balaban J connectivity index is 1.98. The first-order chi connectivity index (χ1) is 9.07. The molecule has 1 aromatic rings. The first-order valence-electron chi connectivity index (χ1n) is 6.75. The summed E-state index contributed by atoms with van der Waals surface area (Å²) >= 11 is 5.91. The molecule has 1 aromatic carbocycles. The minimum Gasteiger partial charge on any atom is -0.390 e. The average molecular weight is 275 g/mol. The monoisotopic (exact) mass is 274 g/mol. The molecular weight excluding hydrogens is 256 g/mol. The molecule has 1 aliphatic carbocycles. The summed E-state index contributed by atoms with van der Waals surface area (Å²) in [5.74, 6) is 6.08. The summed E-state index contributed by atoms with van der Waals surface area (Å²) in [7, 11) is 0. The van der Waals surface area contributed by atoms with E-state index in [0.717, 1.165) is 36.8 Å².